The molecule has 1 heterocycles. The van der Waals surface area contributed by atoms with Gasteiger partial charge in [-0.3, -0.25) is 0 Å². The summed E-state index contributed by atoms with van der Waals surface area (Å²) in [4.78, 5) is 14.1. The summed E-state index contributed by atoms with van der Waals surface area (Å²) in [6, 6.07) is 4.55. The zero-order chi connectivity index (χ0) is 20.7. The predicted octanol–water partition coefficient (Wildman–Crippen LogP) is 2.92. The maximum Gasteiger partial charge on any atom is 0.407 e. The van der Waals surface area contributed by atoms with Crippen LogP contribution in [-0.4, -0.2) is 51.0 Å². The summed E-state index contributed by atoms with van der Waals surface area (Å²) in [7, 11) is 1.66. The summed E-state index contributed by atoms with van der Waals surface area (Å²) in [5.41, 5.74) is 8.76. The molecule has 4 N–H and O–H groups in total. The molecule has 1 aromatic carbocycles. The molecule has 1 aliphatic heterocycles. The molecule has 0 radical (unpaired) electrons. The first-order chi connectivity index (χ1) is 13.2. The molecular formula is C21H36N4O3. The van der Waals surface area contributed by atoms with Crippen LogP contribution in [0.15, 0.2) is 12.1 Å². The fourth-order valence-corrected chi connectivity index (χ4v) is 3.47. The molecule has 0 aliphatic carbocycles. The van der Waals surface area contributed by atoms with Crippen molar-refractivity contribution in [2.75, 3.05) is 43.9 Å². The van der Waals surface area contributed by atoms with Crippen molar-refractivity contribution in [2.45, 2.75) is 58.6 Å². The number of ether oxygens (including phenoxy) is 2. The quantitative estimate of drug-likeness (QED) is 0.488. The number of nitrogens with two attached hydrogens (primary N) is 1. The van der Waals surface area contributed by atoms with Gasteiger partial charge in [-0.05, 0) is 51.7 Å². The van der Waals surface area contributed by atoms with E-state index < -0.39 is 5.60 Å². The predicted molar refractivity (Wildman–Crippen MR) is 114 cm³/mol. The number of rotatable bonds is 7. The van der Waals surface area contributed by atoms with E-state index in [1.807, 2.05) is 26.8 Å². The van der Waals surface area contributed by atoms with Crippen LogP contribution in [0.25, 0.3) is 0 Å². The number of anilines is 2. The molecule has 1 aromatic rings. The van der Waals surface area contributed by atoms with Crippen molar-refractivity contribution in [1.82, 2.24) is 10.6 Å². The molecule has 0 atom stereocenters. The standard InChI is InChI=1S/C21H36N4O3/c1-6-15-13-17(22)19(27-5)14-18(15)25-11-7-16(8-12-25)23-9-10-24-20(26)28-21(2,3)4/h13-14,16,23H,6-12,22H2,1-5H3,(H,24,26). The van der Waals surface area contributed by atoms with Gasteiger partial charge in [-0.2, -0.15) is 0 Å². The van der Waals surface area contributed by atoms with E-state index in [1.165, 1.54) is 11.3 Å². The molecule has 0 spiro atoms. The van der Waals surface area contributed by atoms with Gasteiger partial charge in [0.15, 0.2) is 0 Å². The second kappa shape index (κ2) is 9.87. The highest BCUT2D eigenvalue weighted by Crippen LogP contribution is 2.33. The molecule has 2 rings (SSSR count). The Kier molecular flexibility index (Phi) is 7.80. The Hall–Kier alpha value is -2.15. The number of nitrogen functional groups attached to an aromatic ring is 1. The molecule has 7 nitrogen and oxygen atoms in total. The molecule has 0 unspecified atom stereocenters. The molecular weight excluding hydrogens is 356 g/mol. The minimum absolute atomic E-state index is 0.367. The lowest BCUT2D eigenvalue weighted by Crippen LogP contribution is -2.45. The highest BCUT2D eigenvalue weighted by atomic mass is 16.6. The van der Waals surface area contributed by atoms with Crippen LogP contribution in [0, 0.1) is 0 Å². The average molecular weight is 393 g/mol. The van der Waals surface area contributed by atoms with Crippen LogP contribution in [0.3, 0.4) is 0 Å². The molecule has 0 aromatic heterocycles. The van der Waals surface area contributed by atoms with Crippen molar-refractivity contribution in [2.24, 2.45) is 0 Å². The third-order valence-corrected chi connectivity index (χ3v) is 4.87. The van der Waals surface area contributed by atoms with Gasteiger partial charge < -0.3 is 30.7 Å². The SMILES string of the molecule is CCc1cc(N)c(OC)cc1N1CCC(NCCNC(=O)OC(C)(C)C)CC1. The van der Waals surface area contributed by atoms with Crippen LogP contribution >= 0.6 is 0 Å². The normalized spacial score (nSPS) is 15.4. The van der Waals surface area contributed by atoms with Crippen molar-refractivity contribution >= 4 is 17.5 Å². The second-order valence-corrected chi connectivity index (χ2v) is 8.22. The van der Waals surface area contributed by atoms with Gasteiger partial charge in [-0.15, -0.1) is 0 Å². The molecule has 1 fully saturated rings. The van der Waals surface area contributed by atoms with Crippen molar-refractivity contribution in [1.29, 1.82) is 0 Å². The third-order valence-electron chi connectivity index (χ3n) is 4.87. The van der Waals surface area contributed by atoms with Gasteiger partial charge in [0.1, 0.15) is 11.4 Å². The largest absolute Gasteiger partial charge is 0.495 e. The average Bonchev–Trinajstić information content (AvgIpc) is 2.64. The number of benzene rings is 1. The summed E-state index contributed by atoms with van der Waals surface area (Å²) in [5.74, 6) is 0.737. The van der Waals surface area contributed by atoms with Gasteiger partial charge in [0.2, 0.25) is 0 Å². The van der Waals surface area contributed by atoms with Crippen LogP contribution in [0.5, 0.6) is 5.75 Å². The van der Waals surface area contributed by atoms with E-state index in [-0.39, 0.29) is 6.09 Å². The van der Waals surface area contributed by atoms with E-state index in [1.54, 1.807) is 7.11 Å². The van der Waals surface area contributed by atoms with Crippen LogP contribution in [0.2, 0.25) is 0 Å². The zero-order valence-corrected chi connectivity index (χ0v) is 17.9. The highest BCUT2D eigenvalue weighted by molar-refractivity contribution is 5.68. The number of methoxy groups -OCH3 is 1. The Morgan fingerprint density at radius 3 is 2.50 bits per heavy atom. The van der Waals surface area contributed by atoms with Crippen LogP contribution in [-0.2, 0) is 11.2 Å². The lowest BCUT2D eigenvalue weighted by molar-refractivity contribution is 0.0528. The number of hydrogen-bond donors (Lipinski definition) is 3. The number of nitrogens with zero attached hydrogens (tertiary/aromatic N) is 1. The van der Waals surface area contributed by atoms with E-state index in [9.17, 15) is 4.79 Å². The molecule has 1 amide bonds. The van der Waals surface area contributed by atoms with Gasteiger partial charge >= 0.3 is 6.09 Å². The first-order valence-corrected chi connectivity index (χ1v) is 10.1. The molecule has 158 valence electrons. The minimum Gasteiger partial charge on any atom is -0.495 e. The van der Waals surface area contributed by atoms with Gasteiger partial charge in [-0.25, -0.2) is 4.79 Å². The number of nitrogens with one attached hydrogen (secondary N) is 2. The molecule has 1 aliphatic rings. The van der Waals surface area contributed by atoms with E-state index in [4.69, 9.17) is 15.2 Å². The van der Waals surface area contributed by atoms with Crippen molar-refractivity contribution in [3.05, 3.63) is 17.7 Å². The van der Waals surface area contributed by atoms with Crippen LogP contribution in [0.1, 0.15) is 46.1 Å². The van der Waals surface area contributed by atoms with E-state index in [2.05, 4.69) is 28.5 Å². The Labute approximate surface area is 168 Å². The van der Waals surface area contributed by atoms with Crippen molar-refractivity contribution in [3.63, 3.8) is 0 Å². The van der Waals surface area contributed by atoms with E-state index in [0.717, 1.165) is 44.6 Å². The first kappa shape index (κ1) is 22.1. The fraction of sp³-hybridized carbons (Fsp3) is 0.667. The zero-order valence-electron chi connectivity index (χ0n) is 17.9. The summed E-state index contributed by atoms with van der Waals surface area (Å²) in [6.45, 7) is 11.0. The lowest BCUT2D eigenvalue weighted by atomic mass is 10.0. The van der Waals surface area contributed by atoms with Crippen LogP contribution in [0.4, 0.5) is 16.2 Å². The summed E-state index contributed by atoms with van der Waals surface area (Å²) in [6.07, 6.45) is 2.69. The fourth-order valence-electron chi connectivity index (χ4n) is 3.47. The van der Waals surface area contributed by atoms with E-state index >= 15 is 0 Å². The number of piperidine rings is 1. The highest BCUT2D eigenvalue weighted by Gasteiger charge is 2.22. The summed E-state index contributed by atoms with van der Waals surface area (Å²) in [5, 5.41) is 6.32. The first-order valence-electron chi connectivity index (χ1n) is 10.1. The topological polar surface area (TPSA) is 88.9 Å². The van der Waals surface area contributed by atoms with Crippen molar-refractivity contribution < 1.29 is 14.3 Å². The number of carbonyl (C=O) groups is 1. The Bertz CT molecular complexity index is 650. The minimum atomic E-state index is -0.466. The van der Waals surface area contributed by atoms with Crippen molar-refractivity contribution in [3.8, 4) is 5.75 Å². The Morgan fingerprint density at radius 2 is 1.93 bits per heavy atom. The Balaban J connectivity index is 1.78. The summed E-state index contributed by atoms with van der Waals surface area (Å²) >= 11 is 0. The number of alkyl carbamates (subject to hydrolysis) is 1. The smallest absolute Gasteiger partial charge is 0.407 e. The molecule has 1 saturated heterocycles. The summed E-state index contributed by atoms with van der Waals surface area (Å²) < 4.78 is 10.6. The molecule has 28 heavy (non-hydrogen) atoms. The van der Waals surface area contributed by atoms with E-state index in [0.29, 0.717) is 18.3 Å². The number of carbonyl (C=O) groups excluding carboxylic acids is 1. The maximum absolute atomic E-state index is 11.7. The lowest BCUT2D eigenvalue weighted by Gasteiger charge is -2.35. The third kappa shape index (κ3) is 6.48. The van der Waals surface area contributed by atoms with Gasteiger partial charge in [0.25, 0.3) is 0 Å². The number of amides is 1. The van der Waals surface area contributed by atoms with Gasteiger partial charge in [0, 0.05) is 44.0 Å². The van der Waals surface area contributed by atoms with Crippen LogP contribution < -0.4 is 26.0 Å². The number of aryl methyl sites for hydroxylation is 1. The molecule has 0 saturated carbocycles. The Morgan fingerprint density at radius 1 is 1.25 bits per heavy atom. The van der Waals surface area contributed by atoms with Gasteiger partial charge in [-0.1, -0.05) is 6.92 Å². The van der Waals surface area contributed by atoms with Gasteiger partial charge in [0.05, 0.1) is 12.8 Å². The second-order valence-electron chi connectivity index (χ2n) is 8.22. The molecule has 0 bridgehead atoms. The monoisotopic (exact) mass is 392 g/mol. The number of hydrogen-bond acceptors (Lipinski definition) is 6. The molecule has 7 heteroatoms. The maximum atomic E-state index is 11.7.